The Morgan fingerprint density at radius 3 is 3.11 bits per heavy atom. The van der Waals surface area contributed by atoms with Crippen LogP contribution in [0.15, 0.2) is 12.4 Å². The van der Waals surface area contributed by atoms with E-state index in [2.05, 4.69) is 27.5 Å². The molecule has 2 aliphatic rings. The molecule has 1 aromatic rings. The molecule has 3 atom stereocenters. The zero-order chi connectivity index (χ0) is 13.2. The number of rotatable bonds is 4. The van der Waals surface area contributed by atoms with Crippen LogP contribution in [0.4, 0.5) is 0 Å². The number of nitrogens with one attached hydrogen (secondary N) is 1. The molecule has 2 saturated heterocycles. The number of amides is 1. The summed E-state index contributed by atoms with van der Waals surface area (Å²) in [7, 11) is 0. The summed E-state index contributed by atoms with van der Waals surface area (Å²) in [5, 5.41) is 11.1. The van der Waals surface area contributed by atoms with E-state index in [9.17, 15) is 4.79 Å². The first-order valence-corrected chi connectivity index (χ1v) is 7.14. The molecule has 19 heavy (non-hydrogen) atoms. The normalized spacial score (nSPS) is 29.7. The lowest BCUT2D eigenvalue weighted by Crippen LogP contribution is -2.39. The summed E-state index contributed by atoms with van der Waals surface area (Å²) in [6, 6.07) is 0.420. The third kappa shape index (κ3) is 2.36. The first kappa shape index (κ1) is 12.6. The Bertz CT molecular complexity index is 432. The van der Waals surface area contributed by atoms with Crippen molar-refractivity contribution >= 4 is 5.91 Å². The first-order chi connectivity index (χ1) is 9.29. The predicted octanol–water partition coefficient (Wildman–Crippen LogP) is 0.125. The predicted molar refractivity (Wildman–Crippen MR) is 70.3 cm³/mol. The van der Waals surface area contributed by atoms with Crippen LogP contribution in [-0.2, 0) is 11.3 Å². The summed E-state index contributed by atoms with van der Waals surface area (Å²) in [5.41, 5.74) is 0. The molecule has 2 fully saturated rings. The van der Waals surface area contributed by atoms with Gasteiger partial charge in [-0.2, -0.15) is 0 Å². The second-order valence-electron chi connectivity index (χ2n) is 5.52. The van der Waals surface area contributed by atoms with E-state index < -0.39 is 0 Å². The van der Waals surface area contributed by atoms with Crippen LogP contribution in [0.25, 0.3) is 0 Å². The van der Waals surface area contributed by atoms with Crippen molar-refractivity contribution in [2.45, 2.75) is 32.4 Å². The average molecular weight is 263 g/mol. The summed E-state index contributed by atoms with van der Waals surface area (Å²) in [4.78, 5) is 14.5. The molecule has 1 aromatic heterocycles. The number of carbonyl (C=O) groups excluding carboxylic acids is 1. The number of hydrogen-bond acceptors (Lipinski definition) is 4. The summed E-state index contributed by atoms with van der Waals surface area (Å²) in [6.07, 6.45) is 5.02. The molecule has 6 heteroatoms. The minimum absolute atomic E-state index is 0.261. The fourth-order valence-corrected chi connectivity index (χ4v) is 3.54. The highest BCUT2D eigenvalue weighted by atomic mass is 16.2. The molecule has 3 rings (SSSR count). The van der Waals surface area contributed by atoms with Crippen molar-refractivity contribution < 1.29 is 4.79 Å². The molecule has 3 unspecified atom stereocenters. The van der Waals surface area contributed by atoms with Crippen molar-refractivity contribution in [2.75, 3.05) is 19.6 Å². The van der Waals surface area contributed by atoms with E-state index in [1.807, 2.05) is 0 Å². The summed E-state index contributed by atoms with van der Waals surface area (Å²) >= 11 is 0. The zero-order valence-corrected chi connectivity index (χ0v) is 11.3. The summed E-state index contributed by atoms with van der Waals surface area (Å²) in [5.74, 6) is 1.57. The first-order valence-electron chi connectivity index (χ1n) is 7.14. The fourth-order valence-electron chi connectivity index (χ4n) is 3.54. The smallest absolute Gasteiger partial charge is 0.224 e. The standard InChI is InChI=1S/C13H21N5O/c1-2-12-11-8-14-7-10(11)9-18(12)13(19)3-5-17-6-4-15-16-17/h4,6,10-12,14H,2-3,5,7-9H2,1H3. The Morgan fingerprint density at radius 2 is 2.37 bits per heavy atom. The molecule has 1 N–H and O–H groups in total. The van der Waals surface area contributed by atoms with Crippen LogP contribution in [0, 0.1) is 11.8 Å². The number of nitrogens with zero attached hydrogens (tertiary/aromatic N) is 4. The van der Waals surface area contributed by atoms with E-state index in [0.717, 1.165) is 26.1 Å². The van der Waals surface area contributed by atoms with Gasteiger partial charge in [-0.1, -0.05) is 12.1 Å². The second-order valence-corrected chi connectivity index (χ2v) is 5.52. The van der Waals surface area contributed by atoms with Crippen LogP contribution < -0.4 is 5.32 Å². The van der Waals surface area contributed by atoms with Crippen LogP contribution in [-0.4, -0.2) is 51.5 Å². The molecular weight excluding hydrogens is 242 g/mol. The van der Waals surface area contributed by atoms with Crippen molar-refractivity contribution in [3.8, 4) is 0 Å². The van der Waals surface area contributed by atoms with Gasteiger partial charge in [-0.25, -0.2) is 0 Å². The Kier molecular flexibility index (Phi) is 3.50. The molecule has 0 aliphatic carbocycles. The van der Waals surface area contributed by atoms with E-state index >= 15 is 0 Å². The zero-order valence-electron chi connectivity index (χ0n) is 11.3. The van der Waals surface area contributed by atoms with Gasteiger partial charge >= 0.3 is 0 Å². The molecule has 0 radical (unpaired) electrons. The molecule has 104 valence electrons. The van der Waals surface area contributed by atoms with Crippen molar-refractivity contribution in [3.63, 3.8) is 0 Å². The Balaban J connectivity index is 1.60. The van der Waals surface area contributed by atoms with Gasteiger partial charge in [-0.05, 0) is 18.3 Å². The van der Waals surface area contributed by atoms with E-state index in [0.29, 0.717) is 30.8 Å². The van der Waals surface area contributed by atoms with Gasteiger partial charge in [0.25, 0.3) is 0 Å². The summed E-state index contributed by atoms with van der Waals surface area (Å²) < 4.78 is 1.72. The second kappa shape index (κ2) is 5.28. The van der Waals surface area contributed by atoms with Crippen LogP contribution in [0.2, 0.25) is 0 Å². The van der Waals surface area contributed by atoms with Crippen LogP contribution in [0.5, 0.6) is 0 Å². The van der Waals surface area contributed by atoms with Crippen LogP contribution >= 0.6 is 0 Å². The lowest BCUT2D eigenvalue weighted by atomic mass is 9.93. The maximum atomic E-state index is 12.4. The largest absolute Gasteiger partial charge is 0.339 e. The number of aryl methyl sites for hydroxylation is 1. The van der Waals surface area contributed by atoms with Crippen LogP contribution in [0.1, 0.15) is 19.8 Å². The van der Waals surface area contributed by atoms with Gasteiger partial charge < -0.3 is 10.2 Å². The van der Waals surface area contributed by atoms with Gasteiger partial charge in [-0.15, -0.1) is 5.10 Å². The Morgan fingerprint density at radius 1 is 1.47 bits per heavy atom. The van der Waals surface area contributed by atoms with Gasteiger partial charge in [0.2, 0.25) is 5.91 Å². The fraction of sp³-hybridized carbons (Fsp3) is 0.769. The molecule has 0 saturated carbocycles. The van der Waals surface area contributed by atoms with Gasteiger partial charge in [0.15, 0.2) is 0 Å². The molecule has 0 bridgehead atoms. The molecule has 0 aromatic carbocycles. The Labute approximate surface area is 113 Å². The highest BCUT2D eigenvalue weighted by Gasteiger charge is 2.44. The van der Waals surface area contributed by atoms with Gasteiger partial charge in [0.1, 0.15) is 0 Å². The number of likely N-dealkylation sites (tertiary alicyclic amines) is 1. The van der Waals surface area contributed by atoms with Gasteiger partial charge in [0.05, 0.1) is 12.7 Å². The van der Waals surface area contributed by atoms with Crippen LogP contribution in [0.3, 0.4) is 0 Å². The quantitative estimate of drug-likeness (QED) is 0.838. The third-order valence-electron chi connectivity index (χ3n) is 4.48. The monoisotopic (exact) mass is 263 g/mol. The van der Waals surface area contributed by atoms with E-state index in [4.69, 9.17) is 0 Å². The molecular formula is C13H21N5O. The van der Waals surface area contributed by atoms with Crippen molar-refractivity contribution in [1.82, 2.24) is 25.2 Å². The third-order valence-corrected chi connectivity index (χ3v) is 4.48. The Hall–Kier alpha value is -1.43. The molecule has 0 spiro atoms. The van der Waals surface area contributed by atoms with E-state index in [1.165, 1.54) is 0 Å². The molecule has 2 aliphatic heterocycles. The summed E-state index contributed by atoms with van der Waals surface area (Å²) in [6.45, 7) is 5.86. The molecule has 6 nitrogen and oxygen atoms in total. The lowest BCUT2D eigenvalue weighted by molar-refractivity contribution is -0.132. The maximum absolute atomic E-state index is 12.4. The van der Waals surface area contributed by atoms with E-state index in [1.54, 1.807) is 17.1 Å². The van der Waals surface area contributed by atoms with Gasteiger partial charge in [-0.3, -0.25) is 9.48 Å². The minimum Gasteiger partial charge on any atom is -0.339 e. The molecule has 3 heterocycles. The van der Waals surface area contributed by atoms with Gasteiger partial charge in [0, 0.05) is 38.3 Å². The van der Waals surface area contributed by atoms with Crippen molar-refractivity contribution in [1.29, 1.82) is 0 Å². The average Bonchev–Trinajstić information content (AvgIpc) is 3.11. The number of hydrogen-bond donors (Lipinski definition) is 1. The highest BCUT2D eigenvalue weighted by Crippen LogP contribution is 2.34. The minimum atomic E-state index is 0.261. The number of aromatic nitrogens is 3. The number of fused-ring (bicyclic) bond motifs is 1. The van der Waals surface area contributed by atoms with Crippen molar-refractivity contribution in [3.05, 3.63) is 12.4 Å². The van der Waals surface area contributed by atoms with Crippen molar-refractivity contribution in [2.24, 2.45) is 11.8 Å². The number of carbonyl (C=O) groups is 1. The SMILES string of the molecule is CCC1C2CNCC2CN1C(=O)CCn1ccnn1. The topological polar surface area (TPSA) is 63.1 Å². The molecule has 1 amide bonds. The lowest BCUT2D eigenvalue weighted by Gasteiger charge is -2.27. The highest BCUT2D eigenvalue weighted by molar-refractivity contribution is 5.77. The van der Waals surface area contributed by atoms with E-state index in [-0.39, 0.29) is 5.91 Å². The maximum Gasteiger partial charge on any atom is 0.224 e.